The van der Waals surface area contributed by atoms with Gasteiger partial charge in [0.05, 0.1) is 29.3 Å². The second-order valence-corrected chi connectivity index (χ2v) is 12.3. The van der Waals surface area contributed by atoms with Gasteiger partial charge in [0, 0.05) is 4.88 Å². The van der Waals surface area contributed by atoms with Crippen LogP contribution in [0.25, 0.3) is 22.7 Å². The molecule has 0 radical (unpaired) electrons. The van der Waals surface area contributed by atoms with E-state index in [1.165, 1.54) is 23.3 Å². The number of benzene rings is 2. The summed E-state index contributed by atoms with van der Waals surface area (Å²) in [7, 11) is 1.51. The molecule has 0 unspecified atom stereocenters. The highest BCUT2D eigenvalue weighted by Crippen LogP contribution is 2.44. The maximum atomic E-state index is 12.8. The van der Waals surface area contributed by atoms with Crippen LogP contribution in [0, 0.1) is 34.0 Å². The number of ether oxygens (including phenoxy) is 2. The second-order valence-electron chi connectivity index (χ2n) is 11.1. The van der Waals surface area contributed by atoms with Crippen LogP contribution in [-0.4, -0.2) is 29.6 Å². The summed E-state index contributed by atoms with van der Waals surface area (Å²) in [5.74, 6) is 1.48. The number of rotatable bonds is 7. The number of nitrogens with zero attached hydrogens (tertiary/aromatic N) is 3. The first-order chi connectivity index (χ1) is 19.7. The first-order valence-corrected chi connectivity index (χ1v) is 14.2. The number of methoxy groups -OCH3 is 1. The maximum absolute atomic E-state index is 12.8. The number of allylic oxidation sites excluding steroid dienone is 1. The lowest BCUT2D eigenvalue weighted by molar-refractivity contribution is -0.118. The van der Waals surface area contributed by atoms with E-state index < -0.39 is 0 Å². The normalized spacial score (nSPS) is 15.1. The van der Waals surface area contributed by atoms with Gasteiger partial charge in [-0.05, 0) is 72.1 Å². The molecule has 1 aliphatic rings. The van der Waals surface area contributed by atoms with Crippen molar-refractivity contribution >= 4 is 44.9 Å². The third-order valence-electron chi connectivity index (χ3n) is 7.48. The van der Waals surface area contributed by atoms with Crippen LogP contribution < -0.4 is 14.8 Å². The van der Waals surface area contributed by atoms with Gasteiger partial charge in [-0.25, -0.2) is 4.98 Å². The summed E-state index contributed by atoms with van der Waals surface area (Å²) in [6.45, 7) is 6.51. The molecule has 0 fully saturated rings. The van der Waals surface area contributed by atoms with Crippen LogP contribution in [0.15, 0.2) is 42.5 Å². The SMILES string of the molecule is COc1cc(/C=C(\C#N)c2nc3ccccc3[nH]2)ccc1OCC(=O)Nc1sc2c(c1C#N)CC[C@@H](C(C)(C)C)C2. The molecule has 0 bridgehead atoms. The summed E-state index contributed by atoms with van der Waals surface area (Å²) >= 11 is 1.50. The molecule has 1 aliphatic carbocycles. The Labute approximate surface area is 243 Å². The minimum Gasteiger partial charge on any atom is -0.493 e. The number of carbonyl (C=O) groups excluding carboxylic acids is 1. The Morgan fingerprint density at radius 1 is 1.22 bits per heavy atom. The van der Waals surface area contributed by atoms with Gasteiger partial charge in [0.1, 0.15) is 23.0 Å². The smallest absolute Gasteiger partial charge is 0.262 e. The second kappa shape index (κ2) is 11.5. The van der Waals surface area contributed by atoms with Crippen molar-refractivity contribution in [1.29, 1.82) is 10.5 Å². The molecular formula is C32H31N5O3S. The molecule has 1 atom stereocenters. The molecular weight excluding hydrogens is 534 g/mol. The number of hydrogen-bond donors (Lipinski definition) is 2. The standard InChI is InChI=1S/C32H31N5O3S/c1-32(2,3)21-10-11-22-23(17-34)31(41-28(22)15-21)37-29(38)18-40-26-12-9-19(14-27(26)39-4)13-20(16-33)30-35-24-7-5-6-8-25(24)36-30/h5-9,12-14,21H,10-11,15,18H2,1-4H3,(H,35,36)(H,37,38)/b20-13+/t21-/m1/s1. The Morgan fingerprint density at radius 3 is 2.73 bits per heavy atom. The Hall–Kier alpha value is -4.60. The van der Waals surface area contributed by atoms with Crippen molar-refractivity contribution < 1.29 is 14.3 Å². The van der Waals surface area contributed by atoms with Gasteiger partial charge < -0.3 is 19.8 Å². The van der Waals surface area contributed by atoms with Crippen LogP contribution in [0.2, 0.25) is 0 Å². The number of hydrogen-bond acceptors (Lipinski definition) is 7. The highest BCUT2D eigenvalue weighted by molar-refractivity contribution is 7.16. The van der Waals surface area contributed by atoms with Crippen molar-refractivity contribution in [2.24, 2.45) is 11.3 Å². The molecule has 2 aromatic heterocycles. The number of fused-ring (bicyclic) bond motifs is 2. The molecule has 0 saturated heterocycles. The molecule has 2 heterocycles. The molecule has 0 aliphatic heterocycles. The largest absolute Gasteiger partial charge is 0.493 e. The zero-order valence-electron chi connectivity index (χ0n) is 23.5. The van der Waals surface area contributed by atoms with Crippen molar-refractivity contribution in [3.8, 4) is 23.6 Å². The molecule has 41 heavy (non-hydrogen) atoms. The van der Waals surface area contributed by atoms with Crippen LogP contribution in [0.4, 0.5) is 5.00 Å². The Kier molecular flexibility index (Phi) is 7.83. The lowest BCUT2D eigenvalue weighted by Crippen LogP contribution is -2.26. The van der Waals surface area contributed by atoms with Gasteiger partial charge in [0.2, 0.25) is 0 Å². The molecule has 8 nitrogen and oxygen atoms in total. The van der Waals surface area contributed by atoms with E-state index in [1.807, 2.05) is 24.3 Å². The van der Waals surface area contributed by atoms with E-state index in [0.717, 1.165) is 35.9 Å². The van der Waals surface area contributed by atoms with Gasteiger partial charge in [-0.2, -0.15) is 10.5 Å². The zero-order chi connectivity index (χ0) is 29.1. The number of carbonyl (C=O) groups is 1. The summed E-state index contributed by atoms with van der Waals surface area (Å²) in [5.41, 5.74) is 4.55. The summed E-state index contributed by atoms with van der Waals surface area (Å²) in [6.07, 6.45) is 4.53. The minimum absolute atomic E-state index is 0.194. The van der Waals surface area contributed by atoms with E-state index in [-0.39, 0.29) is 17.9 Å². The zero-order valence-corrected chi connectivity index (χ0v) is 24.3. The lowest BCUT2D eigenvalue weighted by Gasteiger charge is -2.33. The highest BCUT2D eigenvalue weighted by Gasteiger charge is 2.32. The predicted octanol–water partition coefficient (Wildman–Crippen LogP) is 6.74. The predicted molar refractivity (Wildman–Crippen MR) is 161 cm³/mol. The number of anilines is 1. The van der Waals surface area contributed by atoms with Crippen LogP contribution >= 0.6 is 11.3 Å². The first kappa shape index (κ1) is 27.9. The minimum atomic E-state index is -0.352. The van der Waals surface area contributed by atoms with E-state index in [1.54, 1.807) is 24.3 Å². The Balaban J connectivity index is 1.27. The van der Waals surface area contributed by atoms with Gasteiger partial charge in [-0.1, -0.05) is 39.0 Å². The molecule has 4 aromatic rings. The Bertz CT molecular complexity index is 1700. The fourth-order valence-electron chi connectivity index (χ4n) is 5.13. The van der Waals surface area contributed by atoms with Gasteiger partial charge >= 0.3 is 0 Å². The highest BCUT2D eigenvalue weighted by atomic mass is 32.1. The number of nitriles is 2. The van der Waals surface area contributed by atoms with Crippen molar-refractivity contribution in [3.05, 3.63) is 69.9 Å². The van der Waals surface area contributed by atoms with Gasteiger partial charge in [0.25, 0.3) is 5.91 Å². The molecule has 1 amide bonds. The van der Waals surface area contributed by atoms with Gasteiger partial charge in [-0.15, -0.1) is 11.3 Å². The molecule has 2 aromatic carbocycles. The lowest BCUT2D eigenvalue weighted by atomic mass is 9.72. The van der Waals surface area contributed by atoms with Crippen LogP contribution in [0.3, 0.4) is 0 Å². The quantitative estimate of drug-likeness (QED) is 0.239. The number of amides is 1. The Morgan fingerprint density at radius 2 is 2.02 bits per heavy atom. The van der Waals surface area contributed by atoms with Crippen molar-refractivity contribution in [2.75, 3.05) is 19.0 Å². The number of thiophene rings is 1. The molecule has 5 rings (SSSR count). The molecule has 2 N–H and O–H groups in total. The topological polar surface area (TPSA) is 124 Å². The number of imidazole rings is 1. The van der Waals surface area contributed by atoms with Crippen molar-refractivity contribution in [2.45, 2.75) is 40.0 Å². The summed E-state index contributed by atoms with van der Waals surface area (Å²) in [4.78, 5) is 21.7. The molecule has 208 valence electrons. The van der Waals surface area contributed by atoms with Gasteiger partial charge in [-0.3, -0.25) is 4.79 Å². The third-order valence-corrected chi connectivity index (χ3v) is 8.65. The van der Waals surface area contributed by atoms with E-state index in [0.29, 0.717) is 44.9 Å². The van der Waals surface area contributed by atoms with Crippen LogP contribution in [0.1, 0.15) is 54.6 Å². The average molecular weight is 566 g/mol. The van der Waals surface area contributed by atoms with E-state index in [9.17, 15) is 15.3 Å². The third kappa shape index (κ3) is 5.96. The van der Waals surface area contributed by atoms with E-state index >= 15 is 0 Å². The fraction of sp³-hybridized carbons (Fsp3) is 0.312. The molecule has 0 spiro atoms. The molecule has 9 heteroatoms. The number of aromatic amines is 1. The number of para-hydroxylation sites is 2. The fourth-order valence-corrected chi connectivity index (χ4v) is 6.43. The number of nitrogens with one attached hydrogen (secondary N) is 2. The van der Waals surface area contributed by atoms with Crippen LogP contribution in [-0.2, 0) is 17.6 Å². The maximum Gasteiger partial charge on any atom is 0.262 e. The monoisotopic (exact) mass is 565 g/mol. The number of H-pyrrole nitrogens is 1. The summed E-state index contributed by atoms with van der Waals surface area (Å²) < 4.78 is 11.3. The van der Waals surface area contributed by atoms with Crippen LogP contribution in [0.5, 0.6) is 11.5 Å². The number of aromatic nitrogens is 2. The van der Waals surface area contributed by atoms with E-state index in [4.69, 9.17) is 9.47 Å². The first-order valence-electron chi connectivity index (χ1n) is 13.4. The van der Waals surface area contributed by atoms with Gasteiger partial charge in [0.15, 0.2) is 18.1 Å². The van der Waals surface area contributed by atoms with Crippen molar-refractivity contribution in [1.82, 2.24) is 9.97 Å². The molecule has 0 saturated carbocycles. The summed E-state index contributed by atoms with van der Waals surface area (Å²) in [6, 6.07) is 17.3. The van der Waals surface area contributed by atoms with Crippen molar-refractivity contribution in [3.63, 3.8) is 0 Å². The average Bonchev–Trinajstić information content (AvgIpc) is 3.54. The summed E-state index contributed by atoms with van der Waals surface area (Å²) in [5, 5.41) is 23.1. The van der Waals surface area contributed by atoms with E-state index in [2.05, 4.69) is 48.2 Å².